The molecule has 1 aliphatic rings. The Balaban J connectivity index is 1.79. The SMILES string of the molecule is O=C1CN(C(=O)C=Cc2ccccc2)C(c2ccc(F)cc2)c2cc(Cl)ccc2N1. The molecule has 4 nitrogen and oxygen atoms in total. The molecule has 1 unspecified atom stereocenters. The summed E-state index contributed by atoms with van der Waals surface area (Å²) in [7, 11) is 0. The van der Waals surface area contributed by atoms with Crippen molar-refractivity contribution in [3.63, 3.8) is 0 Å². The minimum Gasteiger partial charge on any atom is -0.324 e. The minimum absolute atomic E-state index is 0.147. The standard InChI is InChI=1S/C24H18ClFN2O2/c25-18-9-12-21-20(14-18)24(17-7-10-19(26)11-8-17)28(15-22(29)27-21)23(30)13-6-16-4-2-1-3-5-16/h1-14,24H,15H2,(H,27,29). The molecule has 0 aromatic heterocycles. The van der Waals surface area contributed by atoms with Crippen LogP contribution in [0.1, 0.15) is 22.7 Å². The number of halogens is 2. The number of anilines is 1. The average molecular weight is 421 g/mol. The van der Waals surface area contributed by atoms with Crippen molar-refractivity contribution in [2.24, 2.45) is 0 Å². The minimum atomic E-state index is -0.605. The summed E-state index contributed by atoms with van der Waals surface area (Å²) in [4.78, 5) is 27.2. The highest BCUT2D eigenvalue weighted by molar-refractivity contribution is 6.30. The van der Waals surface area contributed by atoms with Gasteiger partial charge in [0, 0.05) is 22.3 Å². The van der Waals surface area contributed by atoms with E-state index in [1.54, 1.807) is 36.4 Å². The van der Waals surface area contributed by atoms with Crippen molar-refractivity contribution in [1.29, 1.82) is 0 Å². The molecule has 30 heavy (non-hydrogen) atoms. The molecule has 0 saturated heterocycles. The predicted octanol–water partition coefficient (Wildman–Crippen LogP) is 5.06. The number of rotatable bonds is 3. The fourth-order valence-electron chi connectivity index (χ4n) is 3.51. The van der Waals surface area contributed by atoms with E-state index in [0.717, 1.165) is 5.56 Å². The van der Waals surface area contributed by atoms with Crippen LogP contribution in [0.15, 0.2) is 78.9 Å². The second-order valence-corrected chi connectivity index (χ2v) is 7.38. The van der Waals surface area contributed by atoms with Crippen molar-refractivity contribution in [2.75, 3.05) is 11.9 Å². The van der Waals surface area contributed by atoms with Gasteiger partial charge in [0.05, 0.1) is 6.04 Å². The van der Waals surface area contributed by atoms with Gasteiger partial charge in [0.1, 0.15) is 12.4 Å². The van der Waals surface area contributed by atoms with Crippen LogP contribution >= 0.6 is 11.6 Å². The van der Waals surface area contributed by atoms with E-state index >= 15 is 0 Å². The molecule has 3 aromatic carbocycles. The molecule has 0 radical (unpaired) electrons. The van der Waals surface area contributed by atoms with E-state index in [1.165, 1.54) is 23.1 Å². The number of hydrogen-bond donors (Lipinski definition) is 1. The maximum absolute atomic E-state index is 13.5. The molecular formula is C24H18ClFN2O2. The second-order valence-electron chi connectivity index (χ2n) is 6.94. The van der Waals surface area contributed by atoms with Gasteiger partial charge in [0.15, 0.2) is 0 Å². The topological polar surface area (TPSA) is 49.4 Å². The van der Waals surface area contributed by atoms with Crippen molar-refractivity contribution in [1.82, 2.24) is 4.90 Å². The lowest BCUT2D eigenvalue weighted by Gasteiger charge is -2.29. The Hall–Kier alpha value is -3.44. The van der Waals surface area contributed by atoms with Crippen LogP contribution < -0.4 is 5.32 Å². The highest BCUT2D eigenvalue weighted by atomic mass is 35.5. The van der Waals surface area contributed by atoms with Gasteiger partial charge in [-0.05, 0) is 47.5 Å². The van der Waals surface area contributed by atoms with Crippen molar-refractivity contribution in [3.8, 4) is 0 Å². The van der Waals surface area contributed by atoms with Crippen molar-refractivity contribution in [2.45, 2.75) is 6.04 Å². The molecule has 1 aliphatic heterocycles. The molecule has 1 heterocycles. The summed E-state index contributed by atoms with van der Waals surface area (Å²) in [5, 5.41) is 3.31. The predicted molar refractivity (Wildman–Crippen MR) is 116 cm³/mol. The average Bonchev–Trinajstić information content (AvgIpc) is 2.89. The number of amides is 2. The van der Waals surface area contributed by atoms with Crippen molar-refractivity contribution >= 4 is 35.2 Å². The highest BCUT2D eigenvalue weighted by Gasteiger charge is 2.32. The second kappa shape index (κ2) is 8.51. The van der Waals surface area contributed by atoms with Crippen LogP contribution in [0, 0.1) is 5.82 Å². The molecule has 2 amide bonds. The summed E-state index contributed by atoms with van der Waals surface area (Å²) in [5.74, 6) is -1.03. The molecule has 4 rings (SSSR count). The largest absolute Gasteiger partial charge is 0.324 e. The van der Waals surface area contributed by atoms with Crippen LogP contribution in [-0.4, -0.2) is 23.3 Å². The van der Waals surface area contributed by atoms with E-state index in [4.69, 9.17) is 11.6 Å². The first-order valence-electron chi connectivity index (χ1n) is 9.40. The van der Waals surface area contributed by atoms with Gasteiger partial charge in [-0.25, -0.2) is 4.39 Å². The Labute approximate surface area is 178 Å². The van der Waals surface area contributed by atoms with Crippen LogP contribution in [0.4, 0.5) is 10.1 Å². The number of hydrogen-bond acceptors (Lipinski definition) is 2. The number of fused-ring (bicyclic) bond motifs is 1. The third-order valence-electron chi connectivity index (χ3n) is 4.89. The maximum atomic E-state index is 13.5. The van der Waals surface area contributed by atoms with Crippen LogP contribution in [-0.2, 0) is 9.59 Å². The van der Waals surface area contributed by atoms with E-state index < -0.39 is 6.04 Å². The molecule has 150 valence electrons. The van der Waals surface area contributed by atoms with Gasteiger partial charge in [0.25, 0.3) is 0 Å². The van der Waals surface area contributed by atoms with E-state index in [0.29, 0.717) is 21.8 Å². The zero-order chi connectivity index (χ0) is 21.1. The quantitative estimate of drug-likeness (QED) is 0.602. The summed E-state index contributed by atoms with van der Waals surface area (Å²) in [6, 6.07) is 19.8. The lowest BCUT2D eigenvalue weighted by molar-refractivity contribution is -0.131. The molecule has 3 aromatic rings. The van der Waals surface area contributed by atoms with Gasteiger partial charge in [-0.2, -0.15) is 0 Å². The summed E-state index contributed by atoms with van der Waals surface area (Å²) in [6.45, 7) is -0.147. The van der Waals surface area contributed by atoms with Gasteiger partial charge in [0.2, 0.25) is 11.8 Å². The molecule has 0 aliphatic carbocycles. The highest BCUT2D eigenvalue weighted by Crippen LogP contribution is 2.37. The van der Waals surface area contributed by atoms with Crippen LogP contribution in [0.2, 0.25) is 5.02 Å². The van der Waals surface area contributed by atoms with Crippen LogP contribution in [0.5, 0.6) is 0 Å². The molecule has 0 spiro atoms. The zero-order valence-electron chi connectivity index (χ0n) is 15.9. The first-order valence-corrected chi connectivity index (χ1v) is 9.77. The van der Waals surface area contributed by atoms with E-state index in [1.807, 2.05) is 30.3 Å². The molecule has 0 bridgehead atoms. The molecular weight excluding hydrogens is 403 g/mol. The van der Waals surface area contributed by atoms with Gasteiger partial charge in [-0.15, -0.1) is 0 Å². The fourth-order valence-corrected chi connectivity index (χ4v) is 3.69. The number of nitrogens with zero attached hydrogens (tertiary/aromatic N) is 1. The number of carbonyl (C=O) groups is 2. The number of carbonyl (C=O) groups excluding carboxylic acids is 2. The van der Waals surface area contributed by atoms with Gasteiger partial charge in [-0.1, -0.05) is 54.1 Å². The van der Waals surface area contributed by atoms with Gasteiger partial charge < -0.3 is 10.2 Å². The monoisotopic (exact) mass is 420 g/mol. The Morgan fingerprint density at radius 1 is 1.07 bits per heavy atom. The van der Waals surface area contributed by atoms with Crippen molar-refractivity contribution < 1.29 is 14.0 Å². The van der Waals surface area contributed by atoms with Crippen LogP contribution in [0.3, 0.4) is 0 Å². The molecule has 6 heteroatoms. The Morgan fingerprint density at radius 2 is 1.80 bits per heavy atom. The molecule has 1 atom stereocenters. The lowest BCUT2D eigenvalue weighted by atomic mass is 9.95. The normalized spacial score (nSPS) is 16.1. The van der Waals surface area contributed by atoms with Gasteiger partial charge >= 0.3 is 0 Å². The molecule has 0 fully saturated rings. The summed E-state index contributed by atoms with van der Waals surface area (Å²) >= 11 is 6.22. The summed E-state index contributed by atoms with van der Waals surface area (Å²) in [6.07, 6.45) is 3.14. The maximum Gasteiger partial charge on any atom is 0.247 e. The first kappa shape index (κ1) is 19.9. The third kappa shape index (κ3) is 4.26. The number of nitrogens with one attached hydrogen (secondary N) is 1. The van der Waals surface area contributed by atoms with E-state index in [9.17, 15) is 14.0 Å². The first-order chi connectivity index (χ1) is 14.5. The smallest absolute Gasteiger partial charge is 0.247 e. The van der Waals surface area contributed by atoms with Crippen LogP contribution in [0.25, 0.3) is 6.08 Å². The Kier molecular flexibility index (Phi) is 5.63. The Morgan fingerprint density at radius 3 is 2.53 bits per heavy atom. The lowest BCUT2D eigenvalue weighted by Crippen LogP contribution is -2.38. The third-order valence-corrected chi connectivity index (χ3v) is 5.13. The van der Waals surface area contributed by atoms with E-state index in [-0.39, 0.29) is 24.2 Å². The summed E-state index contributed by atoms with van der Waals surface area (Å²) in [5.41, 5.74) is 2.78. The van der Waals surface area contributed by atoms with Gasteiger partial charge in [-0.3, -0.25) is 9.59 Å². The Bertz CT molecular complexity index is 1110. The zero-order valence-corrected chi connectivity index (χ0v) is 16.6. The molecule has 0 saturated carbocycles. The fraction of sp³-hybridized carbons (Fsp3) is 0.0833. The summed E-state index contributed by atoms with van der Waals surface area (Å²) < 4.78 is 13.5. The number of benzene rings is 3. The molecule has 1 N–H and O–H groups in total. The van der Waals surface area contributed by atoms with Crippen molar-refractivity contribution in [3.05, 3.63) is 106 Å². The van der Waals surface area contributed by atoms with E-state index in [2.05, 4.69) is 5.32 Å².